The van der Waals surface area contributed by atoms with Crippen LogP contribution in [0.1, 0.15) is 11.1 Å². The van der Waals surface area contributed by atoms with Crippen molar-refractivity contribution in [3.8, 4) is 11.8 Å². The van der Waals surface area contributed by atoms with Crippen molar-refractivity contribution in [2.75, 3.05) is 5.32 Å². The predicted octanol–water partition coefficient (Wildman–Crippen LogP) is 3.64. The van der Waals surface area contributed by atoms with E-state index in [-0.39, 0.29) is 5.75 Å². The number of phenolic OH excluding ortho intramolecular Hbond substituents is 1. The SMILES string of the molecule is N#Cc1ccc(NCc2cc(Br)ccc2O)cc1. The van der Waals surface area contributed by atoms with E-state index in [1.165, 1.54) is 0 Å². The summed E-state index contributed by atoms with van der Waals surface area (Å²) in [5.41, 5.74) is 2.35. The highest BCUT2D eigenvalue weighted by molar-refractivity contribution is 9.10. The molecule has 2 aromatic carbocycles. The molecular weight excluding hydrogens is 292 g/mol. The molecule has 0 aliphatic heterocycles. The highest BCUT2D eigenvalue weighted by Gasteiger charge is 2.01. The Labute approximate surface area is 114 Å². The molecule has 0 aliphatic rings. The lowest BCUT2D eigenvalue weighted by molar-refractivity contribution is 0.469. The summed E-state index contributed by atoms with van der Waals surface area (Å²) in [6.07, 6.45) is 0. The van der Waals surface area contributed by atoms with Gasteiger partial charge in [-0.25, -0.2) is 0 Å². The normalized spacial score (nSPS) is 9.78. The number of phenols is 1. The Morgan fingerprint density at radius 2 is 1.89 bits per heavy atom. The van der Waals surface area contributed by atoms with Crippen LogP contribution < -0.4 is 5.32 Å². The Bertz CT molecular complexity index is 588. The first-order valence-electron chi connectivity index (χ1n) is 5.40. The van der Waals surface area contributed by atoms with Crippen LogP contribution in [0.3, 0.4) is 0 Å². The lowest BCUT2D eigenvalue weighted by Gasteiger charge is -2.08. The third-order valence-corrected chi connectivity index (χ3v) is 3.03. The molecule has 0 saturated carbocycles. The Kier molecular flexibility index (Phi) is 3.85. The molecule has 90 valence electrons. The lowest BCUT2D eigenvalue weighted by atomic mass is 10.2. The molecule has 2 rings (SSSR count). The monoisotopic (exact) mass is 302 g/mol. The van der Waals surface area contributed by atoms with Gasteiger partial charge in [0.15, 0.2) is 0 Å². The Hall–Kier alpha value is -1.99. The van der Waals surface area contributed by atoms with Crippen molar-refractivity contribution in [2.45, 2.75) is 6.54 Å². The first-order chi connectivity index (χ1) is 8.69. The summed E-state index contributed by atoms with van der Waals surface area (Å²) in [6.45, 7) is 0.525. The van der Waals surface area contributed by atoms with Gasteiger partial charge in [-0.2, -0.15) is 5.26 Å². The first kappa shape index (κ1) is 12.5. The van der Waals surface area contributed by atoms with Crippen LogP contribution >= 0.6 is 15.9 Å². The van der Waals surface area contributed by atoms with Gasteiger partial charge in [-0.1, -0.05) is 15.9 Å². The summed E-state index contributed by atoms with van der Waals surface area (Å²) in [6, 6.07) is 14.6. The number of anilines is 1. The molecule has 0 radical (unpaired) electrons. The second kappa shape index (κ2) is 5.56. The van der Waals surface area contributed by atoms with Gasteiger partial charge >= 0.3 is 0 Å². The summed E-state index contributed by atoms with van der Waals surface area (Å²) in [7, 11) is 0. The molecule has 3 nitrogen and oxygen atoms in total. The first-order valence-corrected chi connectivity index (χ1v) is 6.20. The largest absolute Gasteiger partial charge is 0.508 e. The van der Waals surface area contributed by atoms with Gasteiger partial charge in [0.25, 0.3) is 0 Å². The van der Waals surface area contributed by atoms with Gasteiger partial charge in [0.1, 0.15) is 5.75 Å². The average Bonchev–Trinajstić information content (AvgIpc) is 2.40. The van der Waals surface area contributed by atoms with Crippen LogP contribution in [0.2, 0.25) is 0 Å². The van der Waals surface area contributed by atoms with E-state index in [4.69, 9.17) is 5.26 Å². The molecule has 2 N–H and O–H groups in total. The van der Waals surface area contributed by atoms with Gasteiger partial charge in [0, 0.05) is 22.3 Å². The minimum absolute atomic E-state index is 0.263. The van der Waals surface area contributed by atoms with E-state index in [2.05, 4.69) is 27.3 Å². The van der Waals surface area contributed by atoms with Crippen LogP contribution in [0.25, 0.3) is 0 Å². The maximum absolute atomic E-state index is 9.69. The predicted molar refractivity (Wildman–Crippen MR) is 74.3 cm³/mol. The molecule has 0 unspecified atom stereocenters. The number of nitrogens with zero attached hydrogens (tertiary/aromatic N) is 1. The minimum Gasteiger partial charge on any atom is -0.508 e. The van der Waals surface area contributed by atoms with Crippen molar-refractivity contribution in [2.24, 2.45) is 0 Å². The van der Waals surface area contributed by atoms with E-state index >= 15 is 0 Å². The minimum atomic E-state index is 0.263. The smallest absolute Gasteiger partial charge is 0.120 e. The number of rotatable bonds is 3. The number of nitrogens with one attached hydrogen (secondary N) is 1. The van der Waals surface area contributed by atoms with E-state index in [0.717, 1.165) is 15.7 Å². The van der Waals surface area contributed by atoms with Crippen molar-refractivity contribution in [3.05, 3.63) is 58.1 Å². The average molecular weight is 303 g/mol. The molecule has 2 aromatic rings. The zero-order valence-electron chi connectivity index (χ0n) is 9.52. The molecule has 4 heteroatoms. The van der Waals surface area contributed by atoms with Crippen molar-refractivity contribution in [1.29, 1.82) is 5.26 Å². The highest BCUT2D eigenvalue weighted by Crippen LogP contribution is 2.22. The number of aromatic hydroxyl groups is 1. The van der Waals surface area contributed by atoms with Crippen LogP contribution in [-0.4, -0.2) is 5.11 Å². The van der Waals surface area contributed by atoms with Crippen LogP contribution in [0, 0.1) is 11.3 Å². The van der Waals surface area contributed by atoms with Crippen LogP contribution in [0.5, 0.6) is 5.75 Å². The number of nitriles is 1. The molecule has 0 spiro atoms. The third kappa shape index (κ3) is 3.02. The van der Waals surface area contributed by atoms with Gasteiger partial charge in [-0.15, -0.1) is 0 Å². The Morgan fingerprint density at radius 3 is 2.56 bits per heavy atom. The quantitative estimate of drug-likeness (QED) is 0.910. The van der Waals surface area contributed by atoms with Crippen LogP contribution in [0.4, 0.5) is 5.69 Å². The van der Waals surface area contributed by atoms with Gasteiger partial charge in [0.2, 0.25) is 0 Å². The van der Waals surface area contributed by atoms with Crippen LogP contribution in [0.15, 0.2) is 46.9 Å². The van der Waals surface area contributed by atoms with Gasteiger partial charge in [0.05, 0.1) is 11.6 Å². The third-order valence-electron chi connectivity index (χ3n) is 2.54. The fraction of sp³-hybridized carbons (Fsp3) is 0.0714. The summed E-state index contributed by atoms with van der Waals surface area (Å²) in [5, 5.41) is 21.6. The molecule has 0 fully saturated rings. The van der Waals surface area contributed by atoms with E-state index in [0.29, 0.717) is 12.1 Å². The number of hydrogen-bond donors (Lipinski definition) is 2. The summed E-state index contributed by atoms with van der Waals surface area (Å²) < 4.78 is 0.928. The molecule has 0 aliphatic carbocycles. The van der Waals surface area contributed by atoms with Gasteiger partial charge in [-0.3, -0.25) is 0 Å². The lowest BCUT2D eigenvalue weighted by Crippen LogP contribution is -1.99. The molecular formula is C14H11BrN2O. The molecule has 0 bridgehead atoms. The second-order valence-corrected chi connectivity index (χ2v) is 4.73. The molecule has 0 atom stereocenters. The van der Waals surface area contributed by atoms with Crippen molar-refractivity contribution >= 4 is 21.6 Å². The zero-order valence-corrected chi connectivity index (χ0v) is 11.1. The molecule has 0 aromatic heterocycles. The maximum Gasteiger partial charge on any atom is 0.120 e. The Morgan fingerprint density at radius 1 is 1.17 bits per heavy atom. The fourth-order valence-electron chi connectivity index (χ4n) is 1.56. The van der Waals surface area contributed by atoms with Crippen molar-refractivity contribution < 1.29 is 5.11 Å². The molecule has 0 amide bonds. The topological polar surface area (TPSA) is 56.0 Å². The number of benzene rings is 2. The summed E-state index contributed by atoms with van der Waals surface area (Å²) in [4.78, 5) is 0. The second-order valence-electron chi connectivity index (χ2n) is 3.82. The molecule has 18 heavy (non-hydrogen) atoms. The van der Waals surface area contributed by atoms with Gasteiger partial charge in [-0.05, 0) is 42.5 Å². The van der Waals surface area contributed by atoms with Crippen LogP contribution in [-0.2, 0) is 6.54 Å². The highest BCUT2D eigenvalue weighted by atomic mass is 79.9. The standard InChI is InChI=1S/C14H11BrN2O/c15-12-3-6-14(18)11(7-12)9-17-13-4-1-10(8-16)2-5-13/h1-7,17-18H,9H2. The van der Waals surface area contributed by atoms with Crippen molar-refractivity contribution in [3.63, 3.8) is 0 Å². The Balaban J connectivity index is 2.07. The maximum atomic E-state index is 9.69. The summed E-state index contributed by atoms with van der Waals surface area (Å²) >= 11 is 3.37. The van der Waals surface area contributed by atoms with Crippen molar-refractivity contribution in [1.82, 2.24) is 0 Å². The van der Waals surface area contributed by atoms with E-state index in [1.54, 1.807) is 24.3 Å². The fourth-order valence-corrected chi connectivity index (χ4v) is 1.96. The van der Waals surface area contributed by atoms with E-state index < -0.39 is 0 Å². The zero-order chi connectivity index (χ0) is 13.0. The molecule has 0 heterocycles. The molecule has 0 saturated heterocycles. The van der Waals surface area contributed by atoms with E-state index in [9.17, 15) is 5.11 Å². The van der Waals surface area contributed by atoms with E-state index in [1.807, 2.05) is 18.2 Å². The number of hydrogen-bond acceptors (Lipinski definition) is 3. The van der Waals surface area contributed by atoms with Gasteiger partial charge < -0.3 is 10.4 Å². The number of halogens is 1. The summed E-state index contributed by atoms with van der Waals surface area (Å²) in [5.74, 6) is 0.263.